The molecule has 0 saturated carbocycles. The maximum absolute atomic E-state index is 5.43. The highest BCUT2D eigenvalue weighted by Crippen LogP contribution is 2.19. The van der Waals surface area contributed by atoms with E-state index in [4.69, 9.17) is 4.52 Å². The zero-order valence-electron chi connectivity index (χ0n) is 14.7. The average Bonchev–Trinajstić information content (AvgIpc) is 3.02. The number of halogens is 1. The van der Waals surface area contributed by atoms with Gasteiger partial charge in [0, 0.05) is 26.1 Å². The van der Waals surface area contributed by atoms with Gasteiger partial charge in [0.2, 0.25) is 5.89 Å². The highest BCUT2D eigenvalue weighted by Gasteiger charge is 2.25. The van der Waals surface area contributed by atoms with Crippen LogP contribution in [0.3, 0.4) is 0 Å². The molecule has 0 radical (unpaired) electrons. The van der Waals surface area contributed by atoms with Crippen LogP contribution < -0.4 is 5.32 Å². The third-order valence-corrected chi connectivity index (χ3v) is 4.57. The second-order valence-electron chi connectivity index (χ2n) is 6.64. The van der Waals surface area contributed by atoms with Crippen molar-refractivity contribution < 1.29 is 4.52 Å². The minimum Gasteiger partial charge on any atom is -0.339 e. The van der Waals surface area contributed by atoms with E-state index in [1.807, 2.05) is 0 Å². The summed E-state index contributed by atoms with van der Waals surface area (Å²) in [5, 5.41) is 7.55. The van der Waals surface area contributed by atoms with Crippen LogP contribution in [0.15, 0.2) is 28.8 Å². The summed E-state index contributed by atoms with van der Waals surface area (Å²) in [5.74, 6) is 2.10. The van der Waals surface area contributed by atoms with Crippen molar-refractivity contribution in [3.8, 4) is 0 Å². The lowest BCUT2D eigenvalue weighted by molar-refractivity contribution is 0.190. The molecule has 1 fully saturated rings. The van der Waals surface area contributed by atoms with Gasteiger partial charge in [-0.3, -0.25) is 4.90 Å². The fourth-order valence-electron chi connectivity index (χ4n) is 2.92. The van der Waals surface area contributed by atoms with Gasteiger partial charge in [0.05, 0.1) is 6.04 Å². The van der Waals surface area contributed by atoms with Crippen LogP contribution >= 0.6 is 12.4 Å². The SMILES string of the molecule is CC(C)c1ccc(CCc2nc(C3CNCCN3C)no2)cc1.Cl. The van der Waals surface area contributed by atoms with E-state index in [1.165, 1.54) is 11.1 Å². The summed E-state index contributed by atoms with van der Waals surface area (Å²) in [6.07, 6.45) is 1.72. The van der Waals surface area contributed by atoms with Crippen LogP contribution in [0.2, 0.25) is 0 Å². The Morgan fingerprint density at radius 1 is 1.25 bits per heavy atom. The zero-order chi connectivity index (χ0) is 16.2. The van der Waals surface area contributed by atoms with Gasteiger partial charge in [-0.15, -0.1) is 12.4 Å². The Kier molecular flexibility index (Phi) is 6.78. The van der Waals surface area contributed by atoms with E-state index in [0.717, 1.165) is 44.2 Å². The molecule has 0 amide bonds. The first kappa shape index (κ1) is 18.9. The first-order chi connectivity index (χ1) is 11.1. The number of benzene rings is 1. The summed E-state index contributed by atoms with van der Waals surface area (Å²) in [7, 11) is 2.11. The number of hydrogen-bond acceptors (Lipinski definition) is 5. The predicted octanol–water partition coefficient (Wildman–Crippen LogP) is 2.98. The predicted molar refractivity (Wildman–Crippen MR) is 97.7 cm³/mol. The van der Waals surface area contributed by atoms with E-state index in [-0.39, 0.29) is 18.4 Å². The lowest BCUT2D eigenvalue weighted by atomic mass is 10.0. The van der Waals surface area contributed by atoms with Gasteiger partial charge < -0.3 is 9.84 Å². The molecule has 1 saturated heterocycles. The van der Waals surface area contributed by atoms with Gasteiger partial charge >= 0.3 is 0 Å². The fourth-order valence-corrected chi connectivity index (χ4v) is 2.92. The van der Waals surface area contributed by atoms with Crippen molar-refractivity contribution in [1.29, 1.82) is 0 Å². The molecule has 1 atom stereocenters. The maximum Gasteiger partial charge on any atom is 0.227 e. The van der Waals surface area contributed by atoms with E-state index < -0.39 is 0 Å². The smallest absolute Gasteiger partial charge is 0.227 e. The maximum atomic E-state index is 5.43. The minimum absolute atomic E-state index is 0. The monoisotopic (exact) mass is 350 g/mol. The molecule has 1 N–H and O–H groups in total. The van der Waals surface area contributed by atoms with Gasteiger partial charge in [0.15, 0.2) is 5.82 Å². The first-order valence-electron chi connectivity index (χ1n) is 8.46. The van der Waals surface area contributed by atoms with E-state index in [9.17, 15) is 0 Å². The number of aromatic nitrogens is 2. The Balaban J connectivity index is 0.00000208. The number of likely N-dealkylation sites (N-methyl/N-ethyl adjacent to an activating group) is 1. The average molecular weight is 351 g/mol. The van der Waals surface area contributed by atoms with E-state index >= 15 is 0 Å². The summed E-state index contributed by atoms with van der Waals surface area (Å²) in [4.78, 5) is 6.86. The quantitative estimate of drug-likeness (QED) is 0.898. The molecule has 3 rings (SSSR count). The molecule has 1 unspecified atom stereocenters. The molecule has 1 aromatic carbocycles. The highest BCUT2D eigenvalue weighted by atomic mass is 35.5. The summed E-state index contributed by atoms with van der Waals surface area (Å²) < 4.78 is 5.43. The molecule has 1 aliphatic rings. The topological polar surface area (TPSA) is 54.2 Å². The van der Waals surface area contributed by atoms with Gasteiger partial charge in [0.1, 0.15) is 0 Å². The van der Waals surface area contributed by atoms with Crippen LogP contribution in [-0.4, -0.2) is 41.7 Å². The van der Waals surface area contributed by atoms with Crippen LogP contribution in [-0.2, 0) is 12.8 Å². The van der Waals surface area contributed by atoms with Gasteiger partial charge in [-0.2, -0.15) is 4.98 Å². The van der Waals surface area contributed by atoms with Crippen LogP contribution in [0.4, 0.5) is 0 Å². The molecular formula is C18H27ClN4O. The molecule has 132 valence electrons. The fraction of sp³-hybridized carbons (Fsp3) is 0.556. The number of nitrogens with zero attached hydrogens (tertiary/aromatic N) is 3. The standard InChI is InChI=1S/C18H26N4O.ClH/c1-13(2)15-7-4-14(5-8-15)6-9-17-20-18(21-23-17)16-12-19-10-11-22(16)3;/h4-5,7-8,13,16,19H,6,9-12H2,1-3H3;1H. The van der Waals surface area contributed by atoms with Crippen molar-refractivity contribution in [2.75, 3.05) is 26.7 Å². The van der Waals surface area contributed by atoms with Crippen molar-refractivity contribution in [3.05, 3.63) is 47.1 Å². The largest absolute Gasteiger partial charge is 0.339 e. The van der Waals surface area contributed by atoms with Gasteiger partial charge in [-0.25, -0.2) is 0 Å². The molecule has 0 spiro atoms. The van der Waals surface area contributed by atoms with Gasteiger partial charge in [0.25, 0.3) is 0 Å². The Morgan fingerprint density at radius 3 is 2.67 bits per heavy atom. The number of piperazine rings is 1. The number of rotatable bonds is 5. The van der Waals surface area contributed by atoms with E-state index in [1.54, 1.807) is 0 Å². The van der Waals surface area contributed by atoms with Crippen LogP contribution in [0.1, 0.15) is 48.6 Å². The summed E-state index contributed by atoms with van der Waals surface area (Å²) in [6.45, 7) is 7.34. The zero-order valence-corrected chi connectivity index (χ0v) is 15.5. The summed E-state index contributed by atoms with van der Waals surface area (Å²) >= 11 is 0. The third kappa shape index (κ3) is 4.56. The molecule has 0 aliphatic carbocycles. The van der Waals surface area contributed by atoms with Crippen LogP contribution in [0.25, 0.3) is 0 Å². The molecule has 24 heavy (non-hydrogen) atoms. The molecular weight excluding hydrogens is 324 g/mol. The first-order valence-corrected chi connectivity index (χ1v) is 8.46. The Hall–Kier alpha value is -1.43. The normalized spacial score (nSPS) is 18.6. The molecule has 6 heteroatoms. The van der Waals surface area contributed by atoms with Crippen molar-refractivity contribution in [1.82, 2.24) is 20.4 Å². The second-order valence-corrected chi connectivity index (χ2v) is 6.64. The van der Waals surface area contributed by atoms with Gasteiger partial charge in [-0.1, -0.05) is 43.3 Å². The molecule has 1 aliphatic heterocycles. The Bertz CT molecular complexity index is 626. The van der Waals surface area contributed by atoms with Crippen molar-refractivity contribution >= 4 is 12.4 Å². The molecule has 0 bridgehead atoms. The number of nitrogens with one attached hydrogen (secondary N) is 1. The van der Waals surface area contributed by atoms with Crippen molar-refractivity contribution in [3.63, 3.8) is 0 Å². The molecule has 1 aromatic heterocycles. The van der Waals surface area contributed by atoms with E-state index in [2.05, 4.69) is 65.5 Å². The molecule has 5 nitrogen and oxygen atoms in total. The molecule has 2 aromatic rings. The number of hydrogen-bond donors (Lipinski definition) is 1. The summed E-state index contributed by atoms with van der Waals surface area (Å²) in [6, 6.07) is 9.03. The third-order valence-electron chi connectivity index (χ3n) is 4.57. The van der Waals surface area contributed by atoms with Crippen molar-refractivity contribution in [2.24, 2.45) is 0 Å². The number of aryl methyl sites for hydroxylation is 2. The Morgan fingerprint density at radius 2 is 2.00 bits per heavy atom. The van der Waals surface area contributed by atoms with E-state index in [0.29, 0.717) is 5.92 Å². The van der Waals surface area contributed by atoms with Crippen LogP contribution in [0.5, 0.6) is 0 Å². The minimum atomic E-state index is 0. The lowest BCUT2D eigenvalue weighted by Gasteiger charge is -2.30. The lowest BCUT2D eigenvalue weighted by Crippen LogP contribution is -2.44. The second kappa shape index (κ2) is 8.60. The summed E-state index contributed by atoms with van der Waals surface area (Å²) in [5.41, 5.74) is 2.69. The molecule has 2 heterocycles. The van der Waals surface area contributed by atoms with Crippen LogP contribution in [0, 0.1) is 0 Å². The van der Waals surface area contributed by atoms with Crippen molar-refractivity contribution in [2.45, 2.75) is 38.6 Å². The Labute approximate surface area is 150 Å². The van der Waals surface area contributed by atoms with Gasteiger partial charge in [-0.05, 0) is 30.5 Å². The highest BCUT2D eigenvalue weighted by molar-refractivity contribution is 5.85.